The van der Waals surface area contributed by atoms with Crippen LogP contribution in [0.2, 0.25) is 0 Å². The van der Waals surface area contributed by atoms with Crippen LogP contribution in [0.3, 0.4) is 0 Å². The second-order valence-electron chi connectivity index (χ2n) is 21.6. The first-order chi connectivity index (χ1) is 32.2. The largest absolute Gasteiger partial charge is 0.462 e. The van der Waals surface area contributed by atoms with Crippen molar-refractivity contribution in [3.8, 4) is 0 Å². The van der Waals surface area contributed by atoms with E-state index in [0.29, 0.717) is 19.3 Å². The Kier molecular flexibility index (Phi) is 51.5. The molecule has 0 aromatic carbocycles. The molecule has 0 aliphatic heterocycles. The van der Waals surface area contributed by atoms with Gasteiger partial charge in [-0.3, -0.25) is 14.4 Å². The van der Waals surface area contributed by atoms with Crippen LogP contribution in [0.1, 0.15) is 336 Å². The van der Waals surface area contributed by atoms with Crippen molar-refractivity contribution in [3.63, 3.8) is 0 Å². The molecule has 392 valence electrons. The van der Waals surface area contributed by atoms with E-state index in [-0.39, 0.29) is 31.1 Å². The molecule has 0 N–H and O–H groups in total. The van der Waals surface area contributed by atoms with E-state index in [4.69, 9.17) is 14.2 Å². The molecule has 0 saturated heterocycles. The topological polar surface area (TPSA) is 78.9 Å². The summed E-state index contributed by atoms with van der Waals surface area (Å²) < 4.78 is 16.9. The van der Waals surface area contributed by atoms with Gasteiger partial charge < -0.3 is 14.2 Å². The van der Waals surface area contributed by atoms with Gasteiger partial charge in [-0.05, 0) is 31.1 Å². The first kappa shape index (κ1) is 64.4. The molecule has 0 bridgehead atoms. The monoisotopic (exact) mass is 933 g/mol. The first-order valence-electron chi connectivity index (χ1n) is 29.7. The van der Waals surface area contributed by atoms with Crippen LogP contribution in [0.4, 0.5) is 0 Å². The Morgan fingerprint density at radius 2 is 0.500 bits per heavy atom. The van der Waals surface area contributed by atoms with E-state index in [2.05, 4.69) is 34.6 Å². The van der Waals surface area contributed by atoms with Crippen LogP contribution in [0.5, 0.6) is 0 Å². The van der Waals surface area contributed by atoms with Gasteiger partial charge in [0.1, 0.15) is 13.2 Å². The fourth-order valence-corrected chi connectivity index (χ4v) is 9.23. The zero-order chi connectivity index (χ0) is 48.2. The van der Waals surface area contributed by atoms with Gasteiger partial charge in [0, 0.05) is 19.3 Å². The molecule has 0 fully saturated rings. The van der Waals surface area contributed by atoms with E-state index >= 15 is 0 Å². The summed E-state index contributed by atoms with van der Waals surface area (Å²) >= 11 is 0. The lowest BCUT2D eigenvalue weighted by Gasteiger charge is -2.18. The number of esters is 3. The molecule has 0 radical (unpaired) electrons. The van der Waals surface area contributed by atoms with Gasteiger partial charge in [0.05, 0.1) is 0 Å². The molecule has 0 heterocycles. The van der Waals surface area contributed by atoms with Crippen LogP contribution >= 0.6 is 0 Å². The lowest BCUT2D eigenvalue weighted by molar-refractivity contribution is -0.167. The van der Waals surface area contributed by atoms with Gasteiger partial charge in [-0.15, -0.1) is 0 Å². The SMILES string of the molecule is CCCCCCCCCCCCCC(=O)O[C@H](COC(=O)CCCCCCCCCCCCCCCCCCC(C)C)COC(=O)CCCCCCCCCCCCCCCCCC(C)C. The van der Waals surface area contributed by atoms with Crippen LogP contribution < -0.4 is 0 Å². The molecule has 6 heteroatoms. The number of unbranched alkanes of at least 4 members (excludes halogenated alkanes) is 39. The average Bonchev–Trinajstić information content (AvgIpc) is 3.29. The number of carbonyl (C=O) groups is 3. The maximum absolute atomic E-state index is 12.8. The van der Waals surface area contributed by atoms with Crippen molar-refractivity contribution in [1.29, 1.82) is 0 Å². The molecular weight excluding hydrogens is 817 g/mol. The van der Waals surface area contributed by atoms with Gasteiger partial charge >= 0.3 is 17.9 Å². The predicted molar refractivity (Wildman–Crippen MR) is 284 cm³/mol. The van der Waals surface area contributed by atoms with E-state index in [1.165, 1.54) is 225 Å². The zero-order valence-corrected chi connectivity index (χ0v) is 45.3. The zero-order valence-electron chi connectivity index (χ0n) is 45.3. The highest BCUT2D eigenvalue weighted by molar-refractivity contribution is 5.71. The van der Waals surface area contributed by atoms with Crippen LogP contribution in [-0.4, -0.2) is 37.2 Å². The third-order valence-corrected chi connectivity index (χ3v) is 13.7. The van der Waals surface area contributed by atoms with Crippen LogP contribution in [-0.2, 0) is 28.6 Å². The summed E-state index contributed by atoms with van der Waals surface area (Å²) in [5, 5.41) is 0. The van der Waals surface area contributed by atoms with Crippen molar-refractivity contribution in [3.05, 3.63) is 0 Å². The molecular formula is C60H116O6. The van der Waals surface area contributed by atoms with Gasteiger partial charge in [-0.25, -0.2) is 0 Å². The summed E-state index contributed by atoms with van der Waals surface area (Å²) in [6.45, 7) is 11.4. The van der Waals surface area contributed by atoms with E-state index < -0.39 is 6.10 Å². The maximum atomic E-state index is 12.8. The molecule has 0 aromatic rings. The van der Waals surface area contributed by atoms with Crippen LogP contribution in [0, 0.1) is 11.8 Å². The normalized spacial score (nSPS) is 12.0. The smallest absolute Gasteiger partial charge is 0.306 e. The Morgan fingerprint density at radius 3 is 0.742 bits per heavy atom. The molecule has 6 nitrogen and oxygen atoms in total. The first-order valence-corrected chi connectivity index (χ1v) is 29.7. The summed E-state index contributed by atoms with van der Waals surface area (Å²) in [5.41, 5.74) is 0. The number of hydrogen-bond acceptors (Lipinski definition) is 6. The lowest BCUT2D eigenvalue weighted by Crippen LogP contribution is -2.30. The fourth-order valence-electron chi connectivity index (χ4n) is 9.23. The van der Waals surface area contributed by atoms with Crippen molar-refractivity contribution in [2.45, 2.75) is 343 Å². The van der Waals surface area contributed by atoms with Crippen molar-refractivity contribution in [2.24, 2.45) is 11.8 Å². The minimum atomic E-state index is -0.762. The van der Waals surface area contributed by atoms with Gasteiger partial charge in [-0.1, -0.05) is 298 Å². The summed E-state index contributed by atoms with van der Waals surface area (Å²) in [6, 6.07) is 0. The second kappa shape index (κ2) is 52.8. The number of rotatable bonds is 54. The average molecular weight is 934 g/mol. The molecule has 0 aliphatic carbocycles. The quantitative estimate of drug-likeness (QED) is 0.0343. The highest BCUT2D eigenvalue weighted by Crippen LogP contribution is 2.18. The molecule has 0 aliphatic rings. The summed E-state index contributed by atoms with van der Waals surface area (Å²) in [5.74, 6) is 0.865. The standard InChI is InChI=1S/C60H116O6/c1-6-7-8-9-10-11-23-32-37-42-47-52-60(63)66-57(54-65-59(62)51-46-41-36-31-27-22-18-14-16-20-25-29-34-39-44-49-56(4)5)53-64-58(61)50-45-40-35-30-26-21-17-13-12-15-19-24-28-33-38-43-48-55(2)3/h55-57H,6-54H2,1-5H3/t57-/m1/s1. The third-order valence-electron chi connectivity index (χ3n) is 13.7. The highest BCUT2D eigenvalue weighted by atomic mass is 16.6. The fraction of sp³-hybridized carbons (Fsp3) is 0.950. The molecule has 0 rings (SSSR count). The van der Waals surface area contributed by atoms with Crippen molar-refractivity contribution < 1.29 is 28.6 Å². The van der Waals surface area contributed by atoms with Crippen molar-refractivity contribution >= 4 is 17.9 Å². The molecule has 0 saturated carbocycles. The summed E-state index contributed by atoms with van der Waals surface area (Å²) in [7, 11) is 0. The summed E-state index contributed by atoms with van der Waals surface area (Å²) in [6.07, 6.45) is 56.7. The van der Waals surface area contributed by atoms with Crippen molar-refractivity contribution in [1.82, 2.24) is 0 Å². The molecule has 0 amide bonds. The predicted octanol–water partition coefficient (Wildman–Crippen LogP) is 19.7. The minimum absolute atomic E-state index is 0.0624. The van der Waals surface area contributed by atoms with Crippen molar-refractivity contribution in [2.75, 3.05) is 13.2 Å². The Labute approximate surface area is 412 Å². The van der Waals surface area contributed by atoms with E-state index in [1.807, 2.05) is 0 Å². The Balaban J connectivity index is 4.22. The molecule has 0 spiro atoms. The van der Waals surface area contributed by atoms with E-state index in [1.54, 1.807) is 0 Å². The minimum Gasteiger partial charge on any atom is -0.462 e. The van der Waals surface area contributed by atoms with Gasteiger partial charge in [0.25, 0.3) is 0 Å². The lowest BCUT2D eigenvalue weighted by atomic mass is 10.0. The second-order valence-corrected chi connectivity index (χ2v) is 21.6. The third kappa shape index (κ3) is 53.4. The molecule has 0 unspecified atom stereocenters. The van der Waals surface area contributed by atoms with Crippen LogP contribution in [0.15, 0.2) is 0 Å². The number of hydrogen-bond donors (Lipinski definition) is 0. The molecule has 66 heavy (non-hydrogen) atoms. The molecule has 1 atom stereocenters. The maximum Gasteiger partial charge on any atom is 0.306 e. The van der Waals surface area contributed by atoms with Gasteiger partial charge in [-0.2, -0.15) is 0 Å². The Bertz CT molecular complexity index is 1010. The summed E-state index contributed by atoms with van der Waals surface area (Å²) in [4.78, 5) is 38.1. The molecule has 0 aromatic heterocycles. The number of carbonyl (C=O) groups excluding carboxylic acids is 3. The Morgan fingerprint density at radius 1 is 0.288 bits per heavy atom. The van der Waals surface area contributed by atoms with E-state index in [0.717, 1.165) is 69.6 Å². The highest BCUT2D eigenvalue weighted by Gasteiger charge is 2.19. The van der Waals surface area contributed by atoms with Crippen LogP contribution in [0.25, 0.3) is 0 Å². The Hall–Kier alpha value is -1.59. The number of ether oxygens (including phenoxy) is 3. The van der Waals surface area contributed by atoms with E-state index in [9.17, 15) is 14.4 Å². The van der Waals surface area contributed by atoms with Gasteiger partial charge in [0.2, 0.25) is 0 Å². The van der Waals surface area contributed by atoms with Gasteiger partial charge in [0.15, 0.2) is 6.10 Å².